The minimum absolute atomic E-state index is 0.188. The van der Waals surface area contributed by atoms with Crippen LogP contribution in [0.15, 0.2) is 30.3 Å². The first-order chi connectivity index (χ1) is 17.1. The molecule has 4 fully saturated rings. The van der Waals surface area contributed by atoms with Crippen molar-refractivity contribution < 1.29 is 14.6 Å². The first-order valence-electron chi connectivity index (χ1n) is 12.8. The van der Waals surface area contributed by atoms with Crippen molar-refractivity contribution in [2.24, 2.45) is 5.92 Å². The predicted molar refractivity (Wildman–Crippen MR) is 133 cm³/mol. The fraction of sp³-hybridized carbons (Fsp3) is 0.577. The molecule has 3 atom stereocenters. The Morgan fingerprint density at radius 3 is 2.60 bits per heavy atom. The first kappa shape index (κ1) is 22.7. The zero-order chi connectivity index (χ0) is 23.9. The number of rotatable bonds is 6. The Bertz CT molecular complexity index is 1060. The summed E-state index contributed by atoms with van der Waals surface area (Å²) in [5, 5.41) is 18.7. The maximum absolute atomic E-state index is 11.0. The zero-order valence-electron chi connectivity index (χ0n) is 20.0. The maximum Gasteiger partial charge on any atom is 0.169 e. The molecular weight excluding hydrogens is 444 g/mol. The average Bonchev–Trinajstić information content (AvgIpc) is 3.06. The van der Waals surface area contributed by atoms with Crippen LogP contribution in [0.25, 0.3) is 11.3 Å². The van der Waals surface area contributed by atoms with E-state index in [-0.39, 0.29) is 17.8 Å². The lowest BCUT2D eigenvalue weighted by molar-refractivity contribution is -0.118. The number of anilines is 2. The van der Waals surface area contributed by atoms with Gasteiger partial charge in [0.1, 0.15) is 12.0 Å². The van der Waals surface area contributed by atoms with Crippen LogP contribution in [0.1, 0.15) is 25.7 Å². The molecule has 0 spiro atoms. The minimum Gasteiger partial charge on any atom is -0.507 e. The number of nitrogens with zero attached hydrogens (tertiary/aromatic N) is 5. The fourth-order valence-corrected chi connectivity index (χ4v) is 6.41. The van der Waals surface area contributed by atoms with Crippen LogP contribution in [-0.2, 0) is 9.53 Å². The van der Waals surface area contributed by atoms with E-state index in [9.17, 15) is 9.90 Å². The molecule has 6 rings (SSSR count). The van der Waals surface area contributed by atoms with E-state index in [4.69, 9.17) is 10.5 Å². The van der Waals surface area contributed by atoms with Crippen LogP contribution in [0.2, 0.25) is 0 Å². The molecule has 3 saturated heterocycles. The lowest BCUT2D eigenvalue weighted by Crippen LogP contribution is -2.59. The molecular formula is C26H34N6O3. The van der Waals surface area contributed by atoms with Gasteiger partial charge in [0.05, 0.1) is 24.1 Å². The number of aromatic hydroxyl groups is 1. The maximum atomic E-state index is 11.0. The molecule has 1 aromatic carbocycles. The third kappa shape index (κ3) is 4.37. The number of carbonyl (C=O) groups excluding carboxylic acids is 1. The topological polar surface area (TPSA) is 108 Å². The van der Waals surface area contributed by atoms with Crippen molar-refractivity contribution in [3.8, 4) is 17.0 Å². The number of aldehydes is 1. The number of phenolic OH excluding ortho intramolecular Hbond substituents is 1. The fourth-order valence-electron chi connectivity index (χ4n) is 6.41. The van der Waals surface area contributed by atoms with Gasteiger partial charge in [0.15, 0.2) is 5.82 Å². The van der Waals surface area contributed by atoms with Gasteiger partial charge in [-0.05, 0) is 43.9 Å². The Kier molecular flexibility index (Phi) is 6.07. The Morgan fingerprint density at radius 1 is 1.09 bits per heavy atom. The summed E-state index contributed by atoms with van der Waals surface area (Å²) >= 11 is 0. The summed E-state index contributed by atoms with van der Waals surface area (Å²) in [6, 6.07) is 10.6. The van der Waals surface area contributed by atoms with Crippen LogP contribution in [0, 0.1) is 5.92 Å². The van der Waals surface area contributed by atoms with Gasteiger partial charge in [-0.1, -0.05) is 12.1 Å². The zero-order valence-corrected chi connectivity index (χ0v) is 20.0. The van der Waals surface area contributed by atoms with E-state index in [2.05, 4.69) is 24.9 Å². The van der Waals surface area contributed by atoms with Gasteiger partial charge in [0.25, 0.3) is 0 Å². The Morgan fingerprint density at radius 2 is 1.86 bits per heavy atom. The lowest BCUT2D eigenvalue weighted by Gasteiger charge is -2.47. The number of hydrogen-bond donors (Lipinski definition) is 2. The summed E-state index contributed by atoms with van der Waals surface area (Å²) < 4.78 is 6.19. The van der Waals surface area contributed by atoms with Gasteiger partial charge in [-0.3, -0.25) is 9.80 Å². The van der Waals surface area contributed by atoms with Crippen LogP contribution in [0.3, 0.4) is 0 Å². The highest BCUT2D eigenvalue weighted by Gasteiger charge is 2.43. The Labute approximate surface area is 205 Å². The molecule has 35 heavy (non-hydrogen) atoms. The number of fused-ring (bicyclic) bond motifs is 2. The van der Waals surface area contributed by atoms with Crippen LogP contribution < -0.4 is 10.6 Å². The van der Waals surface area contributed by atoms with E-state index in [0.29, 0.717) is 35.2 Å². The monoisotopic (exact) mass is 478 g/mol. The smallest absolute Gasteiger partial charge is 0.169 e. The molecule has 0 amide bonds. The van der Waals surface area contributed by atoms with E-state index in [0.717, 1.165) is 64.1 Å². The van der Waals surface area contributed by atoms with Crippen molar-refractivity contribution in [1.82, 2.24) is 20.0 Å². The first-order valence-corrected chi connectivity index (χ1v) is 12.8. The number of phenols is 1. The van der Waals surface area contributed by atoms with Crippen molar-refractivity contribution in [2.45, 2.75) is 49.9 Å². The molecule has 9 heteroatoms. The molecule has 4 aliphatic rings. The van der Waals surface area contributed by atoms with E-state index in [1.807, 2.05) is 18.2 Å². The number of ether oxygens (including phenoxy) is 1. The quantitative estimate of drug-likeness (QED) is 0.601. The van der Waals surface area contributed by atoms with Gasteiger partial charge < -0.3 is 25.3 Å². The standard InChI is InChI=1S/C26H34N6O3/c27-26-24(11-23(28-29-26)22-3-1-2-4-25(22)34)31-12-18-5-6-19(13-31)32(18)15-21-14-30(7-8-35-21)20-9-17(10-20)16-33/h1-4,11,16-21,34H,5-10,12-15H2,(H2,27,29)/t17?,18?,19?,20?,21-/m1/s1. The molecule has 9 nitrogen and oxygen atoms in total. The number of nitrogen functional groups attached to an aromatic ring is 1. The lowest BCUT2D eigenvalue weighted by atomic mass is 9.80. The second-order valence-corrected chi connectivity index (χ2v) is 10.5. The predicted octanol–water partition coefficient (Wildman–Crippen LogP) is 1.76. The van der Waals surface area contributed by atoms with Crippen LogP contribution >= 0.6 is 0 Å². The van der Waals surface area contributed by atoms with Crippen molar-refractivity contribution in [3.63, 3.8) is 0 Å². The van der Waals surface area contributed by atoms with Gasteiger partial charge >= 0.3 is 0 Å². The summed E-state index contributed by atoms with van der Waals surface area (Å²) in [6.45, 7) is 5.45. The van der Waals surface area contributed by atoms with Crippen molar-refractivity contribution in [1.29, 1.82) is 0 Å². The van der Waals surface area contributed by atoms with E-state index in [1.165, 1.54) is 12.8 Å². The Balaban J connectivity index is 1.12. The number of carbonyl (C=O) groups is 1. The second-order valence-electron chi connectivity index (χ2n) is 10.5. The molecule has 2 bridgehead atoms. The van der Waals surface area contributed by atoms with E-state index in [1.54, 1.807) is 12.1 Å². The summed E-state index contributed by atoms with van der Waals surface area (Å²) in [5.41, 5.74) is 8.46. The number of aromatic nitrogens is 2. The number of piperazine rings is 1. The number of morpholine rings is 1. The highest BCUT2D eigenvalue weighted by atomic mass is 16.5. The van der Waals surface area contributed by atoms with Crippen molar-refractivity contribution in [3.05, 3.63) is 30.3 Å². The van der Waals surface area contributed by atoms with Gasteiger partial charge in [-0.2, -0.15) is 0 Å². The molecule has 0 radical (unpaired) electrons. The number of benzene rings is 1. The third-order valence-electron chi connectivity index (χ3n) is 8.40. The second kappa shape index (κ2) is 9.37. The summed E-state index contributed by atoms with van der Waals surface area (Å²) in [4.78, 5) is 18.5. The number of nitrogens with two attached hydrogens (primary N) is 1. The highest BCUT2D eigenvalue weighted by molar-refractivity contribution is 5.74. The highest BCUT2D eigenvalue weighted by Crippen LogP contribution is 2.37. The molecule has 186 valence electrons. The largest absolute Gasteiger partial charge is 0.507 e. The Hall–Kier alpha value is -2.75. The van der Waals surface area contributed by atoms with Crippen LogP contribution in [-0.4, -0.2) is 95.0 Å². The van der Waals surface area contributed by atoms with Crippen LogP contribution in [0.5, 0.6) is 5.75 Å². The summed E-state index contributed by atoms with van der Waals surface area (Å²) in [6.07, 6.45) is 5.68. The molecule has 2 aromatic rings. The summed E-state index contributed by atoms with van der Waals surface area (Å²) in [5.74, 6) is 0.872. The van der Waals surface area contributed by atoms with Gasteiger partial charge in [0, 0.05) is 62.3 Å². The third-order valence-corrected chi connectivity index (χ3v) is 8.40. The molecule has 3 N–H and O–H groups in total. The molecule has 2 unspecified atom stereocenters. The van der Waals surface area contributed by atoms with Gasteiger partial charge in [-0.15, -0.1) is 10.2 Å². The SMILES string of the molecule is Nc1nnc(-c2ccccc2O)cc1N1CC2CCC(C1)N2C[C@H]1CN(C2CC(C=O)C2)CCO1. The van der Waals surface area contributed by atoms with E-state index >= 15 is 0 Å². The number of para-hydroxylation sites is 1. The molecule has 4 heterocycles. The average molecular weight is 479 g/mol. The van der Waals surface area contributed by atoms with Gasteiger partial charge in [-0.25, -0.2) is 0 Å². The van der Waals surface area contributed by atoms with Crippen molar-refractivity contribution in [2.75, 3.05) is 50.0 Å². The number of hydrogen-bond acceptors (Lipinski definition) is 9. The molecule has 1 saturated carbocycles. The normalized spacial score (nSPS) is 31.3. The molecule has 1 aromatic heterocycles. The van der Waals surface area contributed by atoms with Gasteiger partial charge in [0.2, 0.25) is 0 Å². The van der Waals surface area contributed by atoms with E-state index < -0.39 is 0 Å². The molecule has 3 aliphatic heterocycles. The minimum atomic E-state index is 0.188. The molecule has 1 aliphatic carbocycles. The van der Waals surface area contributed by atoms with Crippen LogP contribution in [0.4, 0.5) is 11.5 Å². The van der Waals surface area contributed by atoms with Crippen molar-refractivity contribution >= 4 is 17.8 Å². The summed E-state index contributed by atoms with van der Waals surface area (Å²) in [7, 11) is 0.